The molecule has 2 rings (SSSR count). The Balaban J connectivity index is 1.85. The maximum atomic E-state index is 12.0. The van der Waals surface area contributed by atoms with E-state index in [0.717, 1.165) is 27.0 Å². The van der Waals surface area contributed by atoms with Crippen LogP contribution in [0.4, 0.5) is 11.4 Å². The first-order chi connectivity index (χ1) is 10.5. The van der Waals surface area contributed by atoms with Gasteiger partial charge in [0.15, 0.2) is 0 Å². The lowest BCUT2D eigenvalue weighted by Crippen LogP contribution is -2.17. The third kappa shape index (κ3) is 4.60. The van der Waals surface area contributed by atoms with Gasteiger partial charge in [-0.1, -0.05) is 33.6 Å². The Morgan fingerprint density at radius 2 is 1.68 bits per heavy atom. The van der Waals surface area contributed by atoms with Crippen molar-refractivity contribution in [3.63, 3.8) is 0 Å². The SMILES string of the molecule is Cc1ccc(NC(=O)CCNc2ccc(Br)cc2C)c(C)c1. The number of hydrogen-bond donors (Lipinski definition) is 2. The van der Waals surface area contributed by atoms with E-state index in [4.69, 9.17) is 0 Å². The highest BCUT2D eigenvalue weighted by Gasteiger charge is 2.05. The molecule has 3 nitrogen and oxygen atoms in total. The molecule has 0 unspecified atom stereocenters. The van der Waals surface area contributed by atoms with Gasteiger partial charge in [-0.15, -0.1) is 0 Å². The van der Waals surface area contributed by atoms with Gasteiger partial charge in [0, 0.05) is 28.8 Å². The number of nitrogens with one attached hydrogen (secondary N) is 2. The van der Waals surface area contributed by atoms with Crippen LogP contribution in [-0.4, -0.2) is 12.5 Å². The van der Waals surface area contributed by atoms with E-state index in [-0.39, 0.29) is 5.91 Å². The smallest absolute Gasteiger partial charge is 0.226 e. The molecular formula is C18H21BrN2O. The van der Waals surface area contributed by atoms with Gasteiger partial charge in [0.2, 0.25) is 5.91 Å². The molecule has 0 saturated carbocycles. The normalized spacial score (nSPS) is 10.4. The molecule has 0 saturated heterocycles. The van der Waals surface area contributed by atoms with Gasteiger partial charge in [-0.3, -0.25) is 4.79 Å². The maximum absolute atomic E-state index is 12.0. The van der Waals surface area contributed by atoms with Gasteiger partial charge in [-0.2, -0.15) is 0 Å². The highest BCUT2D eigenvalue weighted by molar-refractivity contribution is 9.10. The average Bonchev–Trinajstić information content (AvgIpc) is 2.44. The topological polar surface area (TPSA) is 41.1 Å². The summed E-state index contributed by atoms with van der Waals surface area (Å²) in [5, 5.41) is 6.26. The second kappa shape index (κ2) is 7.45. The van der Waals surface area contributed by atoms with E-state index in [1.54, 1.807) is 0 Å². The van der Waals surface area contributed by atoms with Crippen molar-refractivity contribution in [1.82, 2.24) is 0 Å². The summed E-state index contributed by atoms with van der Waals surface area (Å²) >= 11 is 3.44. The monoisotopic (exact) mass is 360 g/mol. The molecule has 22 heavy (non-hydrogen) atoms. The Labute approximate surface area is 140 Å². The third-order valence-corrected chi connectivity index (χ3v) is 4.01. The van der Waals surface area contributed by atoms with Crippen molar-refractivity contribution in [2.24, 2.45) is 0 Å². The van der Waals surface area contributed by atoms with Crippen LogP contribution in [0, 0.1) is 20.8 Å². The van der Waals surface area contributed by atoms with E-state index in [0.29, 0.717) is 13.0 Å². The number of halogens is 1. The van der Waals surface area contributed by atoms with E-state index in [1.165, 1.54) is 5.56 Å². The fraction of sp³-hybridized carbons (Fsp3) is 0.278. The summed E-state index contributed by atoms with van der Waals surface area (Å²) in [4.78, 5) is 12.0. The first kappa shape index (κ1) is 16.6. The number of hydrogen-bond acceptors (Lipinski definition) is 2. The van der Waals surface area contributed by atoms with Crippen LogP contribution in [0.2, 0.25) is 0 Å². The Kier molecular flexibility index (Phi) is 5.61. The number of rotatable bonds is 5. The second-order valence-electron chi connectivity index (χ2n) is 5.50. The third-order valence-electron chi connectivity index (χ3n) is 3.51. The molecule has 0 atom stereocenters. The standard InChI is InChI=1S/C18H21BrN2O/c1-12-4-6-17(13(2)10-12)21-18(22)8-9-20-16-7-5-15(19)11-14(16)3/h4-7,10-11,20H,8-9H2,1-3H3,(H,21,22). The van der Waals surface area contributed by atoms with Gasteiger partial charge in [-0.25, -0.2) is 0 Å². The predicted octanol–water partition coefficient (Wildman–Crippen LogP) is 4.82. The van der Waals surface area contributed by atoms with E-state index < -0.39 is 0 Å². The lowest BCUT2D eigenvalue weighted by molar-refractivity contribution is -0.115. The zero-order chi connectivity index (χ0) is 16.1. The van der Waals surface area contributed by atoms with Crippen molar-refractivity contribution < 1.29 is 4.79 Å². The molecule has 0 aliphatic rings. The molecule has 4 heteroatoms. The van der Waals surface area contributed by atoms with Crippen LogP contribution in [0.15, 0.2) is 40.9 Å². The molecule has 0 radical (unpaired) electrons. The Hall–Kier alpha value is -1.81. The molecule has 0 fully saturated rings. The molecule has 1 amide bonds. The van der Waals surface area contributed by atoms with Crippen LogP contribution in [0.5, 0.6) is 0 Å². The van der Waals surface area contributed by atoms with Crippen LogP contribution >= 0.6 is 15.9 Å². The largest absolute Gasteiger partial charge is 0.384 e. The number of aryl methyl sites for hydroxylation is 3. The first-order valence-electron chi connectivity index (χ1n) is 7.33. The van der Waals surface area contributed by atoms with Crippen molar-refractivity contribution in [1.29, 1.82) is 0 Å². The quantitative estimate of drug-likeness (QED) is 0.802. The van der Waals surface area contributed by atoms with E-state index in [2.05, 4.69) is 38.7 Å². The number of benzene rings is 2. The number of carbonyl (C=O) groups excluding carboxylic acids is 1. The van der Waals surface area contributed by atoms with Crippen molar-refractivity contribution in [2.45, 2.75) is 27.2 Å². The summed E-state index contributed by atoms with van der Waals surface area (Å²) in [7, 11) is 0. The average molecular weight is 361 g/mol. The highest BCUT2D eigenvalue weighted by atomic mass is 79.9. The summed E-state index contributed by atoms with van der Waals surface area (Å²) in [6.45, 7) is 6.71. The zero-order valence-corrected chi connectivity index (χ0v) is 14.8. The molecule has 0 aliphatic carbocycles. The minimum Gasteiger partial charge on any atom is -0.384 e. The molecule has 0 heterocycles. The number of carbonyl (C=O) groups is 1. The molecule has 116 valence electrons. The van der Waals surface area contributed by atoms with E-state index >= 15 is 0 Å². The van der Waals surface area contributed by atoms with Gasteiger partial charge in [-0.05, 0) is 56.2 Å². The molecule has 0 aromatic heterocycles. The fourth-order valence-electron chi connectivity index (χ4n) is 2.30. The Morgan fingerprint density at radius 1 is 1.00 bits per heavy atom. The van der Waals surface area contributed by atoms with E-state index in [9.17, 15) is 4.79 Å². The van der Waals surface area contributed by atoms with Crippen LogP contribution < -0.4 is 10.6 Å². The molecular weight excluding hydrogens is 340 g/mol. The van der Waals surface area contributed by atoms with E-state index in [1.807, 2.05) is 45.0 Å². The van der Waals surface area contributed by atoms with Crippen LogP contribution in [-0.2, 0) is 4.79 Å². The lowest BCUT2D eigenvalue weighted by atomic mass is 10.1. The minimum absolute atomic E-state index is 0.0224. The summed E-state index contributed by atoms with van der Waals surface area (Å²) < 4.78 is 1.06. The highest BCUT2D eigenvalue weighted by Crippen LogP contribution is 2.20. The van der Waals surface area contributed by atoms with Gasteiger partial charge in [0.05, 0.1) is 0 Å². The van der Waals surface area contributed by atoms with Crippen molar-refractivity contribution in [3.8, 4) is 0 Å². The van der Waals surface area contributed by atoms with Gasteiger partial charge < -0.3 is 10.6 Å². The predicted molar refractivity (Wildman–Crippen MR) is 96.5 cm³/mol. The molecule has 2 aromatic carbocycles. The lowest BCUT2D eigenvalue weighted by Gasteiger charge is -2.11. The van der Waals surface area contributed by atoms with Crippen molar-refractivity contribution in [3.05, 3.63) is 57.6 Å². The molecule has 0 aliphatic heterocycles. The summed E-state index contributed by atoms with van der Waals surface area (Å²) in [6, 6.07) is 12.1. The van der Waals surface area contributed by atoms with Gasteiger partial charge in [0.25, 0.3) is 0 Å². The first-order valence-corrected chi connectivity index (χ1v) is 8.12. The Bertz CT molecular complexity index is 683. The molecule has 0 bridgehead atoms. The van der Waals surface area contributed by atoms with Crippen LogP contribution in [0.3, 0.4) is 0 Å². The van der Waals surface area contributed by atoms with Gasteiger partial charge >= 0.3 is 0 Å². The second-order valence-corrected chi connectivity index (χ2v) is 6.42. The zero-order valence-electron chi connectivity index (χ0n) is 13.2. The summed E-state index contributed by atoms with van der Waals surface area (Å²) in [5.74, 6) is 0.0224. The molecule has 2 aromatic rings. The van der Waals surface area contributed by atoms with Crippen LogP contribution in [0.25, 0.3) is 0 Å². The summed E-state index contributed by atoms with van der Waals surface area (Å²) in [5.41, 5.74) is 5.38. The Morgan fingerprint density at radius 3 is 2.36 bits per heavy atom. The maximum Gasteiger partial charge on any atom is 0.226 e. The summed E-state index contributed by atoms with van der Waals surface area (Å²) in [6.07, 6.45) is 0.433. The number of anilines is 2. The number of amides is 1. The van der Waals surface area contributed by atoms with Crippen molar-refractivity contribution >= 4 is 33.2 Å². The van der Waals surface area contributed by atoms with Crippen molar-refractivity contribution in [2.75, 3.05) is 17.2 Å². The molecule has 2 N–H and O–H groups in total. The molecule has 0 spiro atoms. The fourth-order valence-corrected chi connectivity index (χ4v) is 2.78. The van der Waals surface area contributed by atoms with Gasteiger partial charge in [0.1, 0.15) is 0 Å². The van der Waals surface area contributed by atoms with Crippen LogP contribution in [0.1, 0.15) is 23.1 Å². The minimum atomic E-state index is 0.0224.